The molecular formula is C17H31N3O3S. The van der Waals surface area contributed by atoms with Crippen molar-refractivity contribution in [2.45, 2.75) is 27.2 Å². The fourth-order valence-corrected chi connectivity index (χ4v) is 3.41. The van der Waals surface area contributed by atoms with E-state index in [1.807, 2.05) is 31.2 Å². The van der Waals surface area contributed by atoms with Gasteiger partial charge in [0.15, 0.2) is 0 Å². The molecule has 0 bridgehead atoms. The second-order valence-corrected chi connectivity index (χ2v) is 7.95. The van der Waals surface area contributed by atoms with Crippen LogP contribution in [-0.2, 0) is 10.2 Å². The first-order valence-corrected chi connectivity index (χ1v) is 9.91. The maximum Gasteiger partial charge on any atom is 0.281 e. The van der Waals surface area contributed by atoms with E-state index in [0.29, 0.717) is 32.8 Å². The van der Waals surface area contributed by atoms with E-state index in [4.69, 9.17) is 4.74 Å². The Labute approximate surface area is 147 Å². The molecule has 1 fully saturated rings. The summed E-state index contributed by atoms with van der Waals surface area (Å²) in [4.78, 5) is 2.19. The van der Waals surface area contributed by atoms with Gasteiger partial charge < -0.3 is 9.64 Å². The van der Waals surface area contributed by atoms with Crippen molar-refractivity contribution in [2.24, 2.45) is 0 Å². The molecule has 0 radical (unpaired) electrons. The molecule has 0 aliphatic carbocycles. The highest BCUT2D eigenvalue weighted by molar-refractivity contribution is 7.86. The van der Waals surface area contributed by atoms with Crippen LogP contribution in [0.1, 0.15) is 27.2 Å². The minimum absolute atomic E-state index is 0.508. The average molecular weight is 358 g/mol. The van der Waals surface area contributed by atoms with Crippen molar-refractivity contribution in [2.75, 3.05) is 51.8 Å². The van der Waals surface area contributed by atoms with Gasteiger partial charge in [0, 0.05) is 46.0 Å². The molecule has 1 heterocycles. The second-order valence-electron chi connectivity index (χ2n) is 5.81. The van der Waals surface area contributed by atoms with Gasteiger partial charge in [0.25, 0.3) is 10.2 Å². The zero-order valence-electron chi connectivity index (χ0n) is 15.5. The normalized spacial score (nSPS) is 15.8. The van der Waals surface area contributed by atoms with Gasteiger partial charge in [0.2, 0.25) is 0 Å². The van der Waals surface area contributed by atoms with Crippen molar-refractivity contribution in [3.8, 4) is 5.75 Å². The highest BCUT2D eigenvalue weighted by Gasteiger charge is 2.28. The lowest BCUT2D eigenvalue weighted by atomic mass is 10.2. The predicted molar refractivity (Wildman–Crippen MR) is 100.0 cm³/mol. The van der Waals surface area contributed by atoms with Gasteiger partial charge in [-0.15, -0.1) is 0 Å². The lowest BCUT2D eigenvalue weighted by molar-refractivity contribution is 0.340. The van der Waals surface area contributed by atoms with Crippen molar-refractivity contribution < 1.29 is 13.2 Å². The molecule has 0 N–H and O–H groups in total. The number of rotatable bonds is 5. The summed E-state index contributed by atoms with van der Waals surface area (Å²) in [7, 11) is -0.172. The van der Waals surface area contributed by atoms with E-state index in [2.05, 4.69) is 18.7 Å². The predicted octanol–water partition coefficient (Wildman–Crippen LogP) is 2.43. The number of hydrogen-bond donors (Lipinski definition) is 0. The number of hydrogen-bond acceptors (Lipinski definition) is 4. The van der Waals surface area contributed by atoms with E-state index in [0.717, 1.165) is 11.4 Å². The molecule has 24 heavy (non-hydrogen) atoms. The Balaban J connectivity index is 0.000000891. The summed E-state index contributed by atoms with van der Waals surface area (Å²) in [5.74, 6) is 0.857. The fourth-order valence-electron chi connectivity index (χ4n) is 2.33. The minimum atomic E-state index is -3.30. The quantitative estimate of drug-likeness (QED) is 0.812. The first-order valence-electron chi connectivity index (χ1n) is 8.52. The highest BCUT2D eigenvalue weighted by atomic mass is 32.2. The fraction of sp³-hybridized carbons (Fsp3) is 0.647. The van der Waals surface area contributed by atoms with E-state index < -0.39 is 10.2 Å². The third-order valence-electron chi connectivity index (χ3n) is 3.54. The number of piperazine rings is 1. The Morgan fingerprint density at radius 1 is 1.00 bits per heavy atom. The molecule has 6 nitrogen and oxygen atoms in total. The van der Waals surface area contributed by atoms with Crippen molar-refractivity contribution >= 4 is 15.9 Å². The van der Waals surface area contributed by atoms with Crippen molar-refractivity contribution in [1.29, 1.82) is 0 Å². The monoisotopic (exact) mass is 357 g/mol. The van der Waals surface area contributed by atoms with Crippen molar-refractivity contribution in [3.05, 3.63) is 24.3 Å². The maximum absolute atomic E-state index is 12.1. The van der Waals surface area contributed by atoms with Crippen molar-refractivity contribution in [1.82, 2.24) is 8.61 Å². The zero-order valence-corrected chi connectivity index (χ0v) is 16.3. The summed E-state index contributed by atoms with van der Waals surface area (Å²) < 4.78 is 32.3. The molecule has 1 aromatic rings. The Hall–Kier alpha value is -1.31. The molecule has 0 aromatic heterocycles. The number of ether oxygens (including phenoxy) is 1. The SMILES string of the molecule is CCC.CCOc1ccc(N2CCN(S(=O)(=O)N(C)C)CC2)cc1. The number of nitrogens with zero attached hydrogens (tertiary/aromatic N) is 3. The Bertz CT molecular complexity index is 565. The highest BCUT2D eigenvalue weighted by Crippen LogP contribution is 2.21. The van der Waals surface area contributed by atoms with Crippen LogP contribution < -0.4 is 9.64 Å². The standard InChI is InChI=1S/C14H23N3O3S.C3H8/c1-4-20-14-7-5-13(6-8-14)16-9-11-17(12-10-16)21(18,19)15(2)3;1-3-2/h5-8H,4,9-12H2,1-3H3;3H2,1-2H3. The average Bonchev–Trinajstić information content (AvgIpc) is 2.56. The molecule has 1 saturated heterocycles. The molecule has 1 aromatic carbocycles. The summed E-state index contributed by atoms with van der Waals surface area (Å²) in [6, 6.07) is 7.92. The van der Waals surface area contributed by atoms with Gasteiger partial charge in [0.05, 0.1) is 6.61 Å². The van der Waals surface area contributed by atoms with Crippen LogP contribution in [0.5, 0.6) is 5.75 Å². The first kappa shape index (κ1) is 20.7. The minimum Gasteiger partial charge on any atom is -0.494 e. The largest absolute Gasteiger partial charge is 0.494 e. The van der Waals surface area contributed by atoms with E-state index in [1.165, 1.54) is 15.0 Å². The van der Waals surface area contributed by atoms with Gasteiger partial charge in [-0.05, 0) is 31.2 Å². The van der Waals surface area contributed by atoms with Crippen LogP contribution in [0, 0.1) is 0 Å². The molecule has 0 amide bonds. The molecule has 0 atom stereocenters. The zero-order chi connectivity index (χ0) is 18.2. The van der Waals surface area contributed by atoms with E-state index in [1.54, 1.807) is 14.1 Å². The number of anilines is 1. The van der Waals surface area contributed by atoms with E-state index in [-0.39, 0.29) is 0 Å². The lowest BCUT2D eigenvalue weighted by Gasteiger charge is -2.36. The molecule has 1 aliphatic rings. The third kappa shape index (κ3) is 5.65. The Morgan fingerprint density at radius 2 is 1.50 bits per heavy atom. The molecule has 138 valence electrons. The second kappa shape index (κ2) is 9.86. The van der Waals surface area contributed by atoms with Crippen LogP contribution in [0.15, 0.2) is 24.3 Å². The molecule has 0 saturated carbocycles. The summed E-state index contributed by atoms with van der Waals surface area (Å²) in [5, 5.41) is 0. The van der Waals surface area contributed by atoms with E-state index in [9.17, 15) is 8.42 Å². The van der Waals surface area contributed by atoms with Crippen LogP contribution in [0.3, 0.4) is 0 Å². The molecule has 0 spiro atoms. The third-order valence-corrected chi connectivity index (χ3v) is 5.48. The van der Waals surface area contributed by atoms with Crippen molar-refractivity contribution in [3.63, 3.8) is 0 Å². The van der Waals surface area contributed by atoms with Gasteiger partial charge in [-0.1, -0.05) is 20.3 Å². The summed E-state index contributed by atoms with van der Waals surface area (Å²) >= 11 is 0. The van der Waals surface area contributed by atoms with E-state index >= 15 is 0 Å². The van der Waals surface area contributed by atoms with Gasteiger partial charge in [-0.25, -0.2) is 0 Å². The van der Waals surface area contributed by atoms with Crippen LogP contribution in [-0.4, -0.2) is 63.9 Å². The molecular weight excluding hydrogens is 326 g/mol. The molecule has 2 rings (SSSR count). The molecule has 1 aliphatic heterocycles. The Morgan fingerprint density at radius 3 is 1.92 bits per heavy atom. The van der Waals surface area contributed by atoms with Gasteiger partial charge in [0.1, 0.15) is 5.75 Å². The summed E-state index contributed by atoms with van der Waals surface area (Å²) in [5.41, 5.74) is 1.10. The lowest BCUT2D eigenvalue weighted by Crippen LogP contribution is -2.51. The number of benzene rings is 1. The van der Waals surface area contributed by atoms with Crippen LogP contribution in [0.25, 0.3) is 0 Å². The van der Waals surface area contributed by atoms with Crippen LogP contribution >= 0.6 is 0 Å². The molecule has 0 unspecified atom stereocenters. The summed E-state index contributed by atoms with van der Waals surface area (Å²) in [6.45, 7) is 9.27. The first-order chi connectivity index (χ1) is 11.4. The van der Waals surface area contributed by atoms with Gasteiger partial charge in [-0.2, -0.15) is 17.0 Å². The van der Waals surface area contributed by atoms with Gasteiger partial charge >= 0.3 is 0 Å². The topological polar surface area (TPSA) is 53.1 Å². The smallest absolute Gasteiger partial charge is 0.281 e. The van der Waals surface area contributed by atoms with Crippen LogP contribution in [0.2, 0.25) is 0 Å². The van der Waals surface area contributed by atoms with Gasteiger partial charge in [-0.3, -0.25) is 0 Å². The maximum atomic E-state index is 12.1. The Kier molecular flexibility index (Phi) is 8.52. The summed E-state index contributed by atoms with van der Waals surface area (Å²) in [6.07, 6.45) is 1.25. The molecule has 7 heteroatoms. The van der Waals surface area contributed by atoms with Crippen LogP contribution in [0.4, 0.5) is 5.69 Å².